The van der Waals surface area contributed by atoms with Gasteiger partial charge in [0.15, 0.2) is 0 Å². The second-order valence-corrected chi connectivity index (χ2v) is 3.72. The van der Waals surface area contributed by atoms with Crippen molar-refractivity contribution in [3.05, 3.63) is 11.6 Å². The zero-order valence-corrected chi connectivity index (χ0v) is 8.72. The largest absolute Gasteiger partial charge is 0.459 e. The maximum absolute atomic E-state index is 10.8. The van der Waals surface area contributed by atoms with Gasteiger partial charge in [-0.1, -0.05) is 5.92 Å². The molecule has 0 atom stereocenters. The van der Waals surface area contributed by atoms with E-state index in [-0.39, 0.29) is 5.60 Å². The van der Waals surface area contributed by atoms with Crippen LogP contribution in [0.15, 0.2) is 11.6 Å². The minimum atomic E-state index is -0.504. The number of esters is 1. The lowest BCUT2D eigenvalue weighted by Gasteiger charge is -2.28. The maximum Gasteiger partial charge on any atom is 0.384 e. The molecule has 1 rings (SSSR count). The van der Waals surface area contributed by atoms with Crippen molar-refractivity contribution in [3.63, 3.8) is 0 Å². The van der Waals surface area contributed by atoms with Crippen molar-refractivity contribution in [3.8, 4) is 11.8 Å². The van der Waals surface area contributed by atoms with Gasteiger partial charge in [0.1, 0.15) is 0 Å². The minimum Gasteiger partial charge on any atom is -0.459 e. The van der Waals surface area contributed by atoms with Crippen LogP contribution >= 0.6 is 0 Å². The van der Waals surface area contributed by atoms with Gasteiger partial charge >= 0.3 is 5.97 Å². The summed E-state index contributed by atoms with van der Waals surface area (Å²) in [7, 11) is 1.32. The topological polar surface area (TPSA) is 35.5 Å². The van der Waals surface area contributed by atoms with Crippen LogP contribution in [0.4, 0.5) is 0 Å². The fourth-order valence-electron chi connectivity index (χ4n) is 1.23. The Balaban J connectivity index is 2.65. The van der Waals surface area contributed by atoms with Gasteiger partial charge in [0, 0.05) is 17.9 Å². The third-order valence-electron chi connectivity index (χ3n) is 1.93. The van der Waals surface area contributed by atoms with E-state index >= 15 is 0 Å². The van der Waals surface area contributed by atoms with Crippen LogP contribution < -0.4 is 0 Å². The molecule has 1 aliphatic heterocycles. The van der Waals surface area contributed by atoms with E-state index in [0.717, 1.165) is 12.0 Å². The van der Waals surface area contributed by atoms with Crippen molar-refractivity contribution in [2.75, 3.05) is 13.7 Å². The summed E-state index contributed by atoms with van der Waals surface area (Å²) in [6.45, 7) is 4.55. The van der Waals surface area contributed by atoms with Crippen molar-refractivity contribution in [2.45, 2.75) is 25.9 Å². The summed E-state index contributed by atoms with van der Waals surface area (Å²) in [5.74, 6) is 4.68. The van der Waals surface area contributed by atoms with E-state index < -0.39 is 5.97 Å². The molecule has 0 saturated heterocycles. The summed E-state index contributed by atoms with van der Waals surface area (Å²) < 4.78 is 9.89. The van der Waals surface area contributed by atoms with Crippen LogP contribution in [-0.2, 0) is 14.3 Å². The van der Waals surface area contributed by atoms with Crippen LogP contribution in [0, 0.1) is 11.8 Å². The Labute approximate surface area is 84.1 Å². The summed E-state index contributed by atoms with van der Waals surface area (Å²) in [4.78, 5) is 10.8. The third kappa shape index (κ3) is 3.23. The van der Waals surface area contributed by atoms with Gasteiger partial charge in [0.05, 0.1) is 19.3 Å². The Bertz CT molecular complexity index is 315. The first kappa shape index (κ1) is 10.8. The Kier molecular flexibility index (Phi) is 3.32. The molecule has 0 radical (unpaired) electrons. The van der Waals surface area contributed by atoms with Crippen molar-refractivity contribution in [2.24, 2.45) is 0 Å². The quantitative estimate of drug-likeness (QED) is 0.331. The van der Waals surface area contributed by atoms with Crippen LogP contribution in [0.2, 0.25) is 0 Å². The SMILES string of the molecule is COC(=O)C#CC1=CCOC(C)(C)C1. The predicted molar refractivity (Wildman–Crippen MR) is 52.5 cm³/mol. The van der Waals surface area contributed by atoms with Gasteiger partial charge in [-0.3, -0.25) is 0 Å². The van der Waals surface area contributed by atoms with E-state index in [4.69, 9.17) is 4.74 Å². The minimum absolute atomic E-state index is 0.186. The van der Waals surface area contributed by atoms with Crippen LogP contribution in [0.25, 0.3) is 0 Å². The second-order valence-electron chi connectivity index (χ2n) is 3.72. The van der Waals surface area contributed by atoms with E-state index in [0.29, 0.717) is 6.61 Å². The number of methoxy groups -OCH3 is 1. The van der Waals surface area contributed by atoms with E-state index in [1.807, 2.05) is 19.9 Å². The highest BCUT2D eigenvalue weighted by Crippen LogP contribution is 2.23. The molecule has 3 heteroatoms. The van der Waals surface area contributed by atoms with Gasteiger partial charge in [0.25, 0.3) is 0 Å². The highest BCUT2D eigenvalue weighted by Gasteiger charge is 2.22. The maximum atomic E-state index is 10.8. The Morgan fingerprint density at radius 3 is 2.93 bits per heavy atom. The highest BCUT2D eigenvalue weighted by molar-refractivity contribution is 5.88. The lowest BCUT2D eigenvalue weighted by molar-refractivity contribution is -0.133. The molecule has 0 bridgehead atoms. The van der Waals surface area contributed by atoms with Crippen LogP contribution in [0.3, 0.4) is 0 Å². The van der Waals surface area contributed by atoms with Crippen molar-refractivity contribution in [1.29, 1.82) is 0 Å². The Hall–Kier alpha value is -1.27. The summed E-state index contributed by atoms with van der Waals surface area (Å²) in [5.41, 5.74) is 0.751. The van der Waals surface area contributed by atoms with Crippen LogP contribution in [0.1, 0.15) is 20.3 Å². The van der Waals surface area contributed by atoms with E-state index in [1.54, 1.807) is 0 Å². The second kappa shape index (κ2) is 4.30. The molecule has 0 aliphatic carbocycles. The van der Waals surface area contributed by atoms with Crippen molar-refractivity contribution >= 4 is 5.97 Å². The summed E-state index contributed by atoms with van der Waals surface area (Å²) >= 11 is 0. The monoisotopic (exact) mass is 194 g/mol. The molecule has 0 fully saturated rings. The number of ether oxygens (including phenoxy) is 2. The summed E-state index contributed by atoms with van der Waals surface area (Å²) in [5, 5.41) is 0. The van der Waals surface area contributed by atoms with Crippen molar-refractivity contribution in [1.82, 2.24) is 0 Å². The average Bonchev–Trinajstić information content (AvgIpc) is 2.12. The first-order chi connectivity index (χ1) is 6.53. The molecule has 1 heterocycles. The van der Waals surface area contributed by atoms with E-state index in [2.05, 4.69) is 16.6 Å². The molecule has 0 aromatic carbocycles. The number of carbonyl (C=O) groups is 1. The third-order valence-corrected chi connectivity index (χ3v) is 1.93. The first-order valence-corrected chi connectivity index (χ1v) is 4.46. The summed E-state index contributed by atoms with van der Waals surface area (Å²) in [6, 6.07) is 0. The molecule has 14 heavy (non-hydrogen) atoms. The standard InChI is InChI=1S/C11H14O3/c1-11(2)8-9(6-7-14-11)4-5-10(12)13-3/h6H,7-8H2,1-3H3. The normalized spacial score (nSPS) is 18.9. The van der Waals surface area contributed by atoms with E-state index in [9.17, 15) is 4.79 Å². The van der Waals surface area contributed by atoms with Crippen molar-refractivity contribution < 1.29 is 14.3 Å². The average molecular weight is 194 g/mol. The molecule has 0 unspecified atom stereocenters. The number of carbonyl (C=O) groups excluding carboxylic acids is 1. The molecular formula is C11H14O3. The molecule has 0 N–H and O–H groups in total. The lowest BCUT2D eigenvalue weighted by atomic mass is 9.96. The molecular weight excluding hydrogens is 180 g/mol. The number of hydrogen-bond acceptors (Lipinski definition) is 3. The highest BCUT2D eigenvalue weighted by atomic mass is 16.5. The fourth-order valence-corrected chi connectivity index (χ4v) is 1.23. The molecule has 0 aromatic heterocycles. The first-order valence-electron chi connectivity index (χ1n) is 4.46. The summed E-state index contributed by atoms with van der Waals surface area (Å²) in [6.07, 6.45) is 2.62. The molecule has 76 valence electrons. The lowest BCUT2D eigenvalue weighted by Crippen LogP contribution is -2.28. The predicted octanol–water partition coefficient (Wildman–Crippen LogP) is 1.29. The molecule has 3 nitrogen and oxygen atoms in total. The van der Waals surface area contributed by atoms with Crippen LogP contribution in [0.5, 0.6) is 0 Å². The molecule has 0 saturated carbocycles. The van der Waals surface area contributed by atoms with Gasteiger partial charge in [-0.2, -0.15) is 0 Å². The zero-order valence-electron chi connectivity index (χ0n) is 8.72. The van der Waals surface area contributed by atoms with Gasteiger partial charge in [-0.05, 0) is 19.9 Å². The smallest absolute Gasteiger partial charge is 0.384 e. The fraction of sp³-hybridized carbons (Fsp3) is 0.545. The number of hydrogen-bond donors (Lipinski definition) is 0. The molecule has 0 spiro atoms. The molecule has 0 aromatic rings. The van der Waals surface area contributed by atoms with E-state index in [1.165, 1.54) is 7.11 Å². The Morgan fingerprint density at radius 1 is 1.64 bits per heavy atom. The number of rotatable bonds is 0. The Morgan fingerprint density at radius 2 is 2.36 bits per heavy atom. The zero-order chi connectivity index (χ0) is 10.6. The van der Waals surface area contributed by atoms with Gasteiger partial charge in [-0.25, -0.2) is 4.79 Å². The van der Waals surface area contributed by atoms with Crippen LogP contribution in [-0.4, -0.2) is 25.3 Å². The van der Waals surface area contributed by atoms with Gasteiger partial charge in [0.2, 0.25) is 0 Å². The van der Waals surface area contributed by atoms with Gasteiger partial charge in [-0.15, -0.1) is 0 Å². The molecule has 0 amide bonds. The van der Waals surface area contributed by atoms with Gasteiger partial charge < -0.3 is 9.47 Å². The molecule has 1 aliphatic rings.